The van der Waals surface area contributed by atoms with Crippen LogP contribution < -0.4 is 5.73 Å². The first-order chi connectivity index (χ1) is 6.70. The molecule has 0 aliphatic carbocycles. The molecule has 0 spiro atoms. The lowest BCUT2D eigenvalue weighted by atomic mass is 9.97. The molecule has 0 aliphatic rings. The number of nitrogens with two attached hydrogens (primary N) is 1. The van der Waals surface area contributed by atoms with Crippen LogP contribution in [0.1, 0.15) is 30.5 Å². The summed E-state index contributed by atoms with van der Waals surface area (Å²) in [7, 11) is 0. The Labute approximate surface area is 83.2 Å². The third kappa shape index (κ3) is 2.09. The maximum absolute atomic E-state index is 13.4. The first-order valence-corrected chi connectivity index (χ1v) is 4.60. The topological polar surface area (TPSA) is 49.8 Å². The Morgan fingerprint density at radius 3 is 2.86 bits per heavy atom. The van der Waals surface area contributed by atoms with Crippen LogP contribution in [0.15, 0.2) is 18.2 Å². The second kappa shape index (κ2) is 4.73. The lowest BCUT2D eigenvalue weighted by Gasteiger charge is -2.13. The van der Waals surface area contributed by atoms with Gasteiger partial charge in [0.2, 0.25) is 0 Å². The molecule has 74 valence electrons. The predicted octanol–water partition coefficient (Wildman–Crippen LogP) is 2.30. The molecule has 0 heterocycles. The van der Waals surface area contributed by atoms with Gasteiger partial charge in [0.25, 0.3) is 0 Å². The Hall–Kier alpha value is -1.40. The van der Waals surface area contributed by atoms with Gasteiger partial charge in [0.1, 0.15) is 5.82 Å². The highest BCUT2D eigenvalue weighted by molar-refractivity contribution is 5.31. The van der Waals surface area contributed by atoms with Crippen molar-refractivity contribution < 1.29 is 4.39 Å². The van der Waals surface area contributed by atoms with Gasteiger partial charge in [-0.05, 0) is 18.1 Å². The average Bonchev–Trinajstić information content (AvgIpc) is 2.17. The minimum absolute atomic E-state index is 0.147. The van der Waals surface area contributed by atoms with Crippen molar-refractivity contribution in [2.75, 3.05) is 0 Å². The Balaban J connectivity index is 3.11. The van der Waals surface area contributed by atoms with E-state index in [2.05, 4.69) is 0 Å². The van der Waals surface area contributed by atoms with E-state index >= 15 is 0 Å². The summed E-state index contributed by atoms with van der Waals surface area (Å²) < 4.78 is 13.4. The van der Waals surface area contributed by atoms with Crippen molar-refractivity contribution >= 4 is 0 Å². The Morgan fingerprint density at radius 1 is 1.57 bits per heavy atom. The SMILES string of the molecule is CCc1cccc(F)c1[C@H](N)CC#N. The van der Waals surface area contributed by atoms with Gasteiger partial charge in [-0.15, -0.1) is 0 Å². The van der Waals surface area contributed by atoms with E-state index in [1.807, 2.05) is 19.1 Å². The molecule has 0 bridgehead atoms. The van der Waals surface area contributed by atoms with Crippen LogP contribution in [0.2, 0.25) is 0 Å². The van der Waals surface area contributed by atoms with Gasteiger partial charge < -0.3 is 5.73 Å². The molecule has 2 N–H and O–H groups in total. The fraction of sp³-hybridized carbons (Fsp3) is 0.364. The molecule has 0 radical (unpaired) electrons. The highest BCUT2D eigenvalue weighted by Crippen LogP contribution is 2.22. The van der Waals surface area contributed by atoms with Crippen molar-refractivity contribution in [1.29, 1.82) is 5.26 Å². The van der Waals surface area contributed by atoms with Crippen molar-refractivity contribution in [3.8, 4) is 6.07 Å². The summed E-state index contributed by atoms with van der Waals surface area (Å²) in [5.74, 6) is -0.313. The molecule has 0 aliphatic heterocycles. The van der Waals surface area contributed by atoms with Crippen LogP contribution in [0.25, 0.3) is 0 Å². The average molecular weight is 192 g/mol. The number of hydrogen-bond donors (Lipinski definition) is 1. The third-order valence-corrected chi connectivity index (χ3v) is 2.21. The van der Waals surface area contributed by atoms with Crippen molar-refractivity contribution in [3.63, 3.8) is 0 Å². The molecular formula is C11H13FN2. The predicted molar refractivity (Wildman–Crippen MR) is 52.9 cm³/mol. The minimum atomic E-state index is -0.517. The Kier molecular flexibility index (Phi) is 3.61. The van der Waals surface area contributed by atoms with Crippen molar-refractivity contribution in [3.05, 3.63) is 35.1 Å². The highest BCUT2D eigenvalue weighted by atomic mass is 19.1. The summed E-state index contributed by atoms with van der Waals surface area (Å²) in [6.07, 6.45) is 0.875. The maximum Gasteiger partial charge on any atom is 0.128 e. The first-order valence-electron chi connectivity index (χ1n) is 4.60. The first kappa shape index (κ1) is 10.7. The molecule has 0 saturated carbocycles. The monoisotopic (exact) mass is 192 g/mol. The number of benzene rings is 1. The zero-order valence-corrected chi connectivity index (χ0v) is 8.13. The standard InChI is InChI=1S/C11H13FN2/c1-2-8-4-3-5-9(12)11(8)10(14)6-7-13/h3-5,10H,2,6,14H2,1H3/t10-/m1/s1. The lowest BCUT2D eigenvalue weighted by Crippen LogP contribution is -2.13. The molecule has 0 amide bonds. The van der Waals surface area contributed by atoms with E-state index in [4.69, 9.17) is 11.0 Å². The van der Waals surface area contributed by atoms with Gasteiger partial charge in [-0.3, -0.25) is 0 Å². The number of nitrogens with zero attached hydrogens (tertiary/aromatic N) is 1. The molecule has 14 heavy (non-hydrogen) atoms. The van der Waals surface area contributed by atoms with Gasteiger partial charge in [-0.1, -0.05) is 19.1 Å². The minimum Gasteiger partial charge on any atom is -0.323 e. The quantitative estimate of drug-likeness (QED) is 0.798. The molecule has 0 fully saturated rings. The van der Waals surface area contributed by atoms with Gasteiger partial charge in [0.15, 0.2) is 0 Å². The normalized spacial score (nSPS) is 12.1. The van der Waals surface area contributed by atoms with Crippen LogP contribution >= 0.6 is 0 Å². The molecule has 1 rings (SSSR count). The van der Waals surface area contributed by atoms with E-state index < -0.39 is 6.04 Å². The number of halogens is 1. The highest BCUT2D eigenvalue weighted by Gasteiger charge is 2.14. The third-order valence-electron chi connectivity index (χ3n) is 2.21. The number of rotatable bonds is 3. The van der Waals surface area contributed by atoms with Gasteiger partial charge >= 0.3 is 0 Å². The summed E-state index contributed by atoms with van der Waals surface area (Å²) >= 11 is 0. The molecule has 1 atom stereocenters. The Bertz CT molecular complexity index is 355. The smallest absolute Gasteiger partial charge is 0.128 e. The van der Waals surface area contributed by atoms with Gasteiger partial charge in [0, 0.05) is 11.6 Å². The largest absolute Gasteiger partial charge is 0.323 e. The fourth-order valence-corrected chi connectivity index (χ4v) is 1.51. The van der Waals surface area contributed by atoms with E-state index in [1.54, 1.807) is 6.07 Å². The van der Waals surface area contributed by atoms with E-state index in [1.165, 1.54) is 6.07 Å². The van der Waals surface area contributed by atoms with E-state index in [0.29, 0.717) is 5.56 Å². The molecule has 1 aromatic carbocycles. The second-order valence-electron chi connectivity index (χ2n) is 3.13. The molecule has 1 aromatic rings. The van der Waals surface area contributed by atoms with Crippen molar-refractivity contribution in [2.45, 2.75) is 25.8 Å². The molecular weight excluding hydrogens is 179 g/mol. The number of hydrogen-bond acceptors (Lipinski definition) is 2. The summed E-state index contributed by atoms with van der Waals surface area (Å²) in [5.41, 5.74) is 7.09. The van der Waals surface area contributed by atoms with E-state index in [0.717, 1.165) is 12.0 Å². The summed E-state index contributed by atoms with van der Waals surface area (Å²) in [6, 6.07) is 6.32. The lowest BCUT2D eigenvalue weighted by molar-refractivity contribution is 0.580. The van der Waals surface area contributed by atoms with Crippen LogP contribution in [-0.2, 0) is 6.42 Å². The van der Waals surface area contributed by atoms with Crippen molar-refractivity contribution in [1.82, 2.24) is 0 Å². The van der Waals surface area contributed by atoms with Crippen molar-refractivity contribution in [2.24, 2.45) is 5.73 Å². The Morgan fingerprint density at radius 2 is 2.29 bits per heavy atom. The second-order valence-corrected chi connectivity index (χ2v) is 3.13. The number of aryl methyl sites for hydroxylation is 1. The molecule has 0 saturated heterocycles. The van der Waals surface area contributed by atoms with Crippen LogP contribution in [0.4, 0.5) is 4.39 Å². The van der Waals surface area contributed by atoms with Gasteiger partial charge in [-0.2, -0.15) is 5.26 Å². The van der Waals surface area contributed by atoms with E-state index in [9.17, 15) is 4.39 Å². The molecule has 3 heteroatoms. The zero-order chi connectivity index (χ0) is 10.6. The zero-order valence-electron chi connectivity index (χ0n) is 8.13. The molecule has 0 aromatic heterocycles. The van der Waals surface area contributed by atoms with Crippen LogP contribution in [0.5, 0.6) is 0 Å². The number of nitriles is 1. The fourth-order valence-electron chi connectivity index (χ4n) is 1.51. The van der Waals surface area contributed by atoms with Crippen LogP contribution in [-0.4, -0.2) is 0 Å². The summed E-state index contributed by atoms with van der Waals surface area (Å²) in [4.78, 5) is 0. The van der Waals surface area contributed by atoms with Gasteiger partial charge in [-0.25, -0.2) is 4.39 Å². The summed E-state index contributed by atoms with van der Waals surface area (Å²) in [6.45, 7) is 1.94. The molecule has 2 nitrogen and oxygen atoms in total. The van der Waals surface area contributed by atoms with Crippen LogP contribution in [0, 0.1) is 17.1 Å². The molecule has 0 unspecified atom stereocenters. The van der Waals surface area contributed by atoms with E-state index in [-0.39, 0.29) is 12.2 Å². The van der Waals surface area contributed by atoms with Crippen LogP contribution in [0.3, 0.4) is 0 Å². The van der Waals surface area contributed by atoms with Gasteiger partial charge in [0.05, 0.1) is 12.5 Å². The maximum atomic E-state index is 13.4. The summed E-state index contributed by atoms with van der Waals surface area (Å²) in [5, 5.41) is 8.50.